The molecule has 0 atom stereocenters. The van der Waals surface area contributed by atoms with E-state index in [4.69, 9.17) is 11.6 Å². The number of fused-ring (bicyclic) bond motifs is 1. The number of nitrogens with one attached hydrogen (secondary N) is 1. The van der Waals surface area contributed by atoms with Crippen molar-refractivity contribution >= 4 is 28.5 Å². The van der Waals surface area contributed by atoms with E-state index in [0.717, 1.165) is 29.1 Å². The topological polar surface area (TPSA) is 42.7 Å². The Labute approximate surface area is 128 Å². The minimum Gasteiger partial charge on any atom is -0.354 e. The van der Waals surface area contributed by atoms with E-state index in [2.05, 4.69) is 32.1 Å². The third-order valence-corrected chi connectivity index (χ3v) is 3.73. The van der Waals surface area contributed by atoms with Crippen LogP contribution in [0.2, 0.25) is 5.02 Å². The van der Waals surface area contributed by atoms with Gasteiger partial charge in [-0.25, -0.2) is 9.97 Å². The van der Waals surface area contributed by atoms with Crippen LogP contribution in [0.15, 0.2) is 36.8 Å². The second-order valence-corrected chi connectivity index (χ2v) is 5.62. The molecule has 1 aromatic carbocycles. The molecule has 0 saturated carbocycles. The molecule has 0 spiro atoms. The third-order valence-electron chi connectivity index (χ3n) is 3.49. The third kappa shape index (κ3) is 3.00. The van der Waals surface area contributed by atoms with Gasteiger partial charge in [-0.2, -0.15) is 0 Å². The summed E-state index contributed by atoms with van der Waals surface area (Å²) in [5, 5.41) is 5.26. The van der Waals surface area contributed by atoms with Crippen molar-refractivity contribution in [3.8, 4) is 0 Å². The summed E-state index contributed by atoms with van der Waals surface area (Å²) in [6.45, 7) is 2.77. The van der Waals surface area contributed by atoms with E-state index in [0.29, 0.717) is 5.95 Å². The normalized spacial score (nSPS) is 11.0. The lowest BCUT2D eigenvalue weighted by Crippen LogP contribution is -2.07. The van der Waals surface area contributed by atoms with E-state index in [9.17, 15) is 0 Å². The fraction of sp³-hybridized carbons (Fsp3) is 0.250. The van der Waals surface area contributed by atoms with Crippen molar-refractivity contribution in [2.24, 2.45) is 7.05 Å². The SMILES string of the molecule is Cc1cnc(NCCc2cn(C)c3cc(Cl)ccc23)nc1. The van der Waals surface area contributed by atoms with Gasteiger partial charge >= 0.3 is 0 Å². The van der Waals surface area contributed by atoms with Crippen molar-refractivity contribution in [1.82, 2.24) is 14.5 Å². The molecule has 0 radical (unpaired) electrons. The molecule has 21 heavy (non-hydrogen) atoms. The second-order valence-electron chi connectivity index (χ2n) is 5.19. The van der Waals surface area contributed by atoms with Crippen LogP contribution in [-0.2, 0) is 13.5 Å². The van der Waals surface area contributed by atoms with Crippen LogP contribution in [0.25, 0.3) is 10.9 Å². The largest absolute Gasteiger partial charge is 0.354 e. The number of nitrogens with zero attached hydrogens (tertiary/aromatic N) is 3. The maximum atomic E-state index is 6.05. The van der Waals surface area contributed by atoms with Crippen molar-refractivity contribution in [2.45, 2.75) is 13.3 Å². The van der Waals surface area contributed by atoms with Crippen LogP contribution in [0.3, 0.4) is 0 Å². The molecule has 0 aliphatic carbocycles. The fourth-order valence-corrected chi connectivity index (χ4v) is 2.60. The van der Waals surface area contributed by atoms with Gasteiger partial charge in [-0.3, -0.25) is 0 Å². The quantitative estimate of drug-likeness (QED) is 0.801. The minimum absolute atomic E-state index is 0.670. The molecule has 0 fully saturated rings. The molecule has 0 bridgehead atoms. The monoisotopic (exact) mass is 300 g/mol. The highest BCUT2D eigenvalue weighted by molar-refractivity contribution is 6.31. The standard InChI is InChI=1S/C16H17ClN4/c1-11-8-19-16(20-9-11)18-6-5-12-10-21(2)15-7-13(17)3-4-14(12)15/h3-4,7-10H,5-6H2,1-2H3,(H,18,19,20). The van der Waals surface area contributed by atoms with Crippen molar-refractivity contribution < 1.29 is 0 Å². The Morgan fingerprint density at radius 1 is 1.24 bits per heavy atom. The molecule has 0 unspecified atom stereocenters. The first-order valence-corrected chi connectivity index (χ1v) is 7.27. The summed E-state index contributed by atoms with van der Waals surface area (Å²) in [7, 11) is 2.04. The average molecular weight is 301 g/mol. The van der Waals surface area contributed by atoms with Gasteiger partial charge in [-0.1, -0.05) is 17.7 Å². The van der Waals surface area contributed by atoms with Crippen LogP contribution in [0.4, 0.5) is 5.95 Å². The first-order valence-electron chi connectivity index (χ1n) is 6.89. The van der Waals surface area contributed by atoms with Crippen LogP contribution in [-0.4, -0.2) is 21.1 Å². The van der Waals surface area contributed by atoms with Gasteiger partial charge < -0.3 is 9.88 Å². The van der Waals surface area contributed by atoms with Gasteiger partial charge in [0.2, 0.25) is 5.95 Å². The number of hydrogen-bond donors (Lipinski definition) is 1. The number of aryl methyl sites for hydroxylation is 2. The van der Waals surface area contributed by atoms with Gasteiger partial charge in [0, 0.05) is 48.1 Å². The molecule has 4 nitrogen and oxygen atoms in total. The Balaban J connectivity index is 1.72. The van der Waals surface area contributed by atoms with E-state index in [1.165, 1.54) is 10.9 Å². The first kappa shape index (κ1) is 13.9. The molecule has 5 heteroatoms. The highest BCUT2D eigenvalue weighted by atomic mass is 35.5. The highest BCUT2D eigenvalue weighted by Crippen LogP contribution is 2.24. The number of benzene rings is 1. The van der Waals surface area contributed by atoms with Crippen LogP contribution in [0.1, 0.15) is 11.1 Å². The van der Waals surface area contributed by atoms with Crippen LogP contribution >= 0.6 is 11.6 Å². The van der Waals surface area contributed by atoms with E-state index in [1.54, 1.807) is 0 Å². The van der Waals surface area contributed by atoms with E-state index in [-0.39, 0.29) is 0 Å². The summed E-state index contributed by atoms with van der Waals surface area (Å²) in [6.07, 6.45) is 6.69. The number of rotatable bonds is 4. The lowest BCUT2D eigenvalue weighted by Gasteiger charge is -2.04. The summed E-state index contributed by atoms with van der Waals surface area (Å²) >= 11 is 6.05. The summed E-state index contributed by atoms with van der Waals surface area (Å²) in [6, 6.07) is 6.01. The molecular formula is C16H17ClN4. The molecule has 2 aromatic heterocycles. The zero-order chi connectivity index (χ0) is 14.8. The Morgan fingerprint density at radius 2 is 2.00 bits per heavy atom. The van der Waals surface area contributed by atoms with Crippen LogP contribution in [0.5, 0.6) is 0 Å². The predicted molar refractivity (Wildman–Crippen MR) is 86.9 cm³/mol. The molecule has 0 amide bonds. The summed E-state index contributed by atoms with van der Waals surface area (Å²) in [5.74, 6) is 0.670. The van der Waals surface area contributed by atoms with Crippen molar-refractivity contribution in [1.29, 1.82) is 0 Å². The molecule has 3 rings (SSSR count). The summed E-state index contributed by atoms with van der Waals surface area (Å²) in [4.78, 5) is 8.49. The molecule has 0 saturated heterocycles. The predicted octanol–water partition coefficient (Wildman–Crippen LogP) is 3.58. The van der Waals surface area contributed by atoms with Crippen LogP contribution in [0, 0.1) is 6.92 Å². The minimum atomic E-state index is 0.670. The van der Waals surface area contributed by atoms with Gasteiger partial charge in [-0.15, -0.1) is 0 Å². The number of anilines is 1. The number of halogens is 1. The molecule has 3 aromatic rings. The Bertz CT molecular complexity index is 762. The van der Waals surface area contributed by atoms with Crippen molar-refractivity contribution in [3.05, 3.63) is 52.9 Å². The van der Waals surface area contributed by atoms with Gasteiger partial charge in [0.15, 0.2) is 0 Å². The van der Waals surface area contributed by atoms with E-state index in [1.807, 2.05) is 38.5 Å². The molecule has 108 valence electrons. The maximum Gasteiger partial charge on any atom is 0.222 e. The molecule has 1 N–H and O–H groups in total. The van der Waals surface area contributed by atoms with Gasteiger partial charge in [0.1, 0.15) is 0 Å². The van der Waals surface area contributed by atoms with E-state index < -0.39 is 0 Å². The maximum absolute atomic E-state index is 6.05. The zero-order valence-corrected chi connectivity index (χ0v) is 12.9. The zero-order valence-electron chi connectivity index (χ0n) is 12.1. The Hall–Kier alpha value is -2.07. The summed E-state index contributed by atoms with van der Waals surface area (Å²) in [5.41, 5.74) is 3.51. The van der Waals surface area contributed by atoms with Crippen LogP contribution < -0.4 is 5.32 Å². The highest BCUT2D eigenvalue weighted by Gasteiger charge is 2.07. The van der Waals surface area contributed by atoms with E-state index >= 15 is 0 Å². The molecular weight excluding hydrogens is 284 g/mol. The first-order chi connectivity index (χ1) is 10.1. The van der Waals surface area contributed by atoms with Gasteiger partial charge in [0.25, 0.3) is 0 Å². The average Bonchev–Trinajstić information content (AvgIpc) is 2.77. The Kier molecular flexibility index (Phi) is 3.80. The number of aromatic nitrogens is 3. The lowest BCUT2D eigenvalue weighted by molar-refractivity contribution is 0.936. The molecule has 0 aliphatic heterocycles. The number of hydrogen-bond acceptors (Lipinski definition) is 3. The van der Waals surface area contributed by atoms with Crippen molar-refractivity contribution in [2.75, 3.05) is 11.9 Å². The second kappa shape index (κ2) is 5.74. The summed E-state index contributed by atoms with van der Waals surface area (Å²) < 4.78 is 2.11. The lowest BCUT2D eigenvalue weighted by atomic mass is 10.1. The van der Waals surface area contributed by atoms with Gasteiger partial charge in [0.05, 0.1) is 0 Å². The van der Waals surface area contributed by atoms with Crippen molar-refractivity contribution in [3.63, 3.8) is 0 Å². The Morgan fingerprint density at radius 3 is 2.76 bits per heavy atom. The fourth-order valence-electron chi connectivity index (χ4n) is 2.43. The smallest absolute Gasteiger partial charge is 0.222 e. The van der Waals surface area contributed by atoms with Gasteiger partial charge in [-0.05, 0) is 36.6 Å². The molecule has 2 heterocycles. The molecule has 0 aliphatic rings.